The van der Waals surface area contributed by atoms with E-state index in [1.165, 1.54) is 0 Å². The van der Waals surface area contributed by atoms with Gasteiger partial charge in [-0.2, -0.15) is 0 Å². The summed E-state index contributed by atoms with van der Waals surface area (Å²) in [5.41, 5.74) is 0.746. The second-order valence-electron chi connectivity index (χ2n) is 2.78. The van der Waals surface area contributed by atoms with Gasteiger partial charge in [-0.25, -0.2) is 0 Å². The molecule has 1 unspecified atom stereocenters. The van der Waals surface area contributed by atoms with E-state index in [1.54, 1.807) is 18.2 Å². The number of benzene rings is 1. The fourth-order valence-corrected chi connectivity index (χ4v) is 1.41. The van der Waals surface area contributed by atoms with Crippen LogP contribution in [0.25, 0.3) is 0 Å². The normalized spacial score (nSPS) is 12.9. The van der Waals surface area contributed by atoms with Crippen LogP contribution >= 0.6 is 23.2 Å². The van der Waals surface area contributed by atoms with Gasteiger partial charge in [0, 0.05) is 16.5 Å². The zero-order chi connectivity index (χ0) is 9.84. The third-order valence-corrected chi connectivity index (χ3v) is 2.28. The molecule has 0 saturated carbocycles. The molecule has 0 saturated heterocycles. The van der Waals surface area contributed by atoms with Gasteiger partial charge in [0.25, 0.3) is 0 Å². The molecule has 0 aliphatic heterocycles. The van der Waals surface area contributed by atoms with E-state index in [1.807, 2.05) is 0 Å². The van der Waals surface area contributed by atoms with E-state index in [-0.39, 0.29) is 6.61 Å². The molecule has 0 amide bonds. The van der Waals surface area contributed by atoms with Crippen molar-refractivity contribution in [1.82, 2.24) is 0 Å². The topological polar surface area (TPSA) is 40.5 Å². The van der Waals surface area contributed by atoms with Gasteiger partial charge in [0.15, 0.2) is 0 Å². The SMILES string of the molecule is OCC(O)Cc1cc(Cl)ccc1Cl. The molecule has 0 bridgehead atoms. The van der Waals surface area contributed by atoms with E-state index < -0.39 is 6.10 Å². The van der Waals surface area contributed by atoms with E-state index in [9.17, 15) is 5.11 Å². The average Bonchev–Trinajstić information content (AvgIpc) is 2.11. The number of aliphatic hydroxyl groups excluding tert-OH is 2. The molecule has 0 heterocycles. The van der Waals surface area contributed by atoms with Gasteiger partial charge in [-0.1, -0.05) is 23.2 Å². The van der Waals surface area contributed by atoms with Crippen LogP contribution in [0.3, 0.4) is 0 Å². The van der Waals surface area contributed by atoms with Crippen LogP contribution < -0.4 is 0 Å². The Bertz CT molecular complexity index is 289. The third kappa shape index (κ3) is 3.16. The molecule has 0 aliphatic rings. The van der Waals surface area contributed by atoms with Crippen LogP contribution in [-0.2, 0) is 6.42 Å². The standard InChI is InChI=1S/C9H10Cl2O2/c10-7-1-2-9(11)6(3-7)4-8(13)5-12/h1-3,8,12-13H,4-5H2. The summed E-state index contributed by atoms with van der Waals surface area (Å²) < 4.78 is 0. The quantitative estimate of drug-likeness (QED) is 0.818. The highest BCUT2D eigenvalue weighted by molar-refractivity contribution is 6.33. The van der Waals surface area contributed by atoms with Crippen LogP contribution in [0, 0.1) is 0 Å². The van der Waals surface area contributed by atoms with Gasteiger partial charge in [-0.15, -0.1) is 0 Å². The summed E-state index contributed by atoms with van der Waals surface area (Å²) in [4.78, 5) is 0. The Labute approximate surface area is 86.7 Å². The average molecular weight is 221 g/mol. The van der Waals surface area contributed by atoms with Crippen molar-refractivity contribution in [1.29, 1.82) is 0 Å². The maximum atomic E-state index is 9.17. The second kappa shape index (κ2) is 4.82. The van der Waals surface area contributed by atoms with Crippen LogP contribution in [0.1, 0.15) is 5.56 Å². The summed E-state index contributed by atoms with van der Waals surface area (Å²) in [6.45, 7) is -0.275. The van der Waals surface area contributed by atoms with Crippen LogP contribution in [0.4, 0.5) is 0 Å². The Morgan fingerprint density at radius 1 is 1.31 bits per heavy atom. The van der Waals surface area contributed by atoms with E-state index >= 15 is 0 Å². The number of aliphatic hydroxyl groups is 2. The molecule has 4 heteroatoms. The fourth-order valence-electron chi connectivity index (χ4n) is 1.02. The summed E-state index contributed by atoms with van der Waals surface area (Å²) in [5.74, 6) is 0. The molecule has 0 fully saturated rings. The maximum Gasteiger partial charge on any atom is 0.0811 e. The first-order valence-electron chi connectivity index (χ1n) is 3.86. The number of halogens is 2. The summed E-state index contributed by atoms with van der Waals surface area (Å²) in [6, 6.07) is 5.03. The molecule has 0 radical (unpaired) electrons. The van der Waals surface area contributed by atoms with E-state index in [0.29, 0.717) is 16.5 Å². The predicted octanol–water partition coefficient (Wildman–Crippen LogP) is 1.89. The summed E-state index contributed by atoms with van der Waals surface area (Å²) in [5, 5.41) is 18.9. The molecule has 0 aromatic heterocycles. The zero-order valence-electron chi connectivity index (χ0n) is 6.87. The molecular weight excluding hydrogens is 211 g/mol. The van der Waals surface area contributed by atoms with Gasteiger partial charge in [-0.05, 0) is 23.8 Å². The minimum Gasteiger partial charge on any atom is -0.394 e. The van der Waals surface area contributed by atoms with Crippen molar-refractivity contribution in [2.75, 3.05) is 6.61 Å². The first-order chi connectivity index (χ1) is 6.13. The lowest BCUT2D eigenvalue weighted by molar-refractivity contribution is 0.0955. The highest BCUT2D eigenvalue weighted by Crippen LogP contribution is 2.21. The van der Waals surface area contributed by atoms with Crippen LogP contribution in [-0.4, -0.2) is 22.9 Å². The van der Waals surface area contributed by atoms with Crippen molar-refractivity contribution >= 4 is 23.2 Å². The van der Waals surface area contributed by atoms with Crippen molar-refractivity contribution in [3.05, 3.63) is 33.8 Å². The fraction of sp³-hybridized carbons (Fsp3) is 0.333. The summed E-state index contributed by atoms with van der Waals surface area (Å²) in [6.07, 6.45) is -0.466. The van der Waals surface area contributed by atoms with Crippen LogP contribution in [0.5, 0.6) is 0 Å². The highest BCUT2D eigenvalue weighted by Gasteiger charge is 2.07. The van der Waals surface area contributed by atoms with E-state index in [2.05, 4.69) is 0 Å². The van der Waals surface area contributed by atoms with Gasteiger partial charge in [0.05, 0.1) is 12.7 Å². The van der Waals surface area contributed by atoms with Crippen LogP contribution in [0.15, 0.2) is 18.2 Å². The Kier molecular flexibility index (Phi) is 4.00. The molecule has 1 aromatic rings. The molecular formula is C9H10Cl2O2. The number of hydrogen-bond donors (Lipinski definition) is 2. The lowest BCUT2D eigenvalue weighted by Crippen LogP contribution is -2.15. The Balaban J connectivity index is 2.81. The summed E-state index contributed by atoms with van der Waals surface area (Å²) >= 11 is 11.6. The number of hydrogen-bond acceptors (Lipinski definition) is 2. The molecule has 2 nitrogen and oxygen atoms in total. The van der Waals surface area contributed by atoms with Gasteiger partial charge in [0.1, 0.15) is 0 Å². The lowest BCUT2D eigenvalue weighted by Gasteiger charge is -2.08. The van der Waals surface area contributed by atoms with Crippen molar-refractivity contribution in [3.63, 3.8) is 0 Å². The van der Waals surface area contributed by atoms with E-state index in [0.717, 1.165) is 5.56 Å². The molecule has 1 aromatic carbocycles. The van der Waals surface area contributed by atoms with Gasteiger partial charge in [-0.3, -0.25) is 0 Å². The van der Waals surface area contributed by atoms with Crippen molar-refractivity contribution in [2.24, 2.45) is 0 Å². The molecule has 13 heavy (non-hydrogen) atoms. The minimum atomic E-state index is -0.782. The Hall–Kier alpha value is -0.280. The third-order valence-electron chi connectivity index (χ3n) is 1.67. The zero-order valence-corrected chi connectivity index (χ0v) is 8.39. The van der Waals surface area contributed by atoms with Crippen molar-refractivity contribution in [2.45, 2.75) is 12.5 Å². The van der Waals surface area contributed by atoms with E-state index in [4.69, 9.17) is 28.3 Å². The predicted molar refractivity (Wildman–Crippen MR) is 53.3 cm³/mol. The van der Waals surface area contributed by atoms with Gasteiger partial charge >= 0.3 is 0 Å². The molecule has 2 N–H and O–H groups in total. The first-order valence-corrected chi connectivity index (χ1v) is 4.62. The van der Waals surface area contributed by atoms with Crippen LogP contribution in [0.2, 0.25) is 10.0 Å². The summed E-state index contributed by atoms with van der Waals surface area (Å²) in [7, 11) is 0. The van der Waals surface area contributed by atoms with Crippen molar-refractivity contribution < 1.29 is 10.2 Å². The largest absolute Gasteiger partial charge is 0.394 e. The first kappa shape index (κ1) is 10.8. The molecule has 0 aliphatic carbocycles. The van der Waals surface area contributed by atoms with Gasteiger partial charge in [0.2, 0.25) is 0 Å². The van der Waals surface area contributed by atoms with Gasteiger partial charge < -0.3 is 10.2 Å². The monoisotopic (exact) mass is 220 g/mol. The Morgan fingerprint density at radius 3 is 2.62 bits per heavy atom. The molecule has 0 spiro atoms. The smallest absolute Gasteiger partial charge is 0.0811 e. The Morgan fingerprint density at radius 2 is 2.00 bits per heavy atom. The molecule has 1 rings (SSSR count). The second-order valence-corrected chi connectivity index (χ2v) is 3.62. The highest BCUT2D eigenvalue weighted by atomic mass is 35.5. The number of rotatable bonds is 3. The van der Waals surface area contributed by atoms with Crippen molar-refractivity contribution in [3.8, 4) is 0 Å². The maximum absolute atomic E-state index is 9.17. The lowest BCUT2D eigenvalue weighted by atomic mass is 10.1. The molecule has 1 atom stereocenters. The molecule has 72 valence electrons. The minimum absolute atomic E-state index is 0.275.